The molecule has 0 aliphatic heterocycles. The molecule has 0 saturated carbocycles. The SMILES string of the molecule is CNC(c1ccc(Cl)cc1Br)c1ccc(Br)c(Cl)c1F. The maximum Gasteiger partial charge on any atom is 0.148 e. The summed E-state index contributed by atoms with van der Waals surface area (Å²) < 4.78 is 15.7. The lowest BCUT2D eigenvalue weighted by Gasteiger charge is -2.20. The molecule has 1 nitrogen and oxygen atoms in total. The van der Waals surface area contributed by atoms with Gasteiger partial charge in [0.15, 0.2) is 0 Å². The Kier molecular flexibility index (Phi) is 5.49. The van der Waals surface area contributed by atoms with E-state index in [1.807, 2.05) is 6.07 Å². The monoisotopic (exact) mass is 439 g/mol. The maximum atomic E-state index is 14.4. The van der Waals surface area contributed by atoms with Crippen LogP contribution in [0.25, 0.3) is 0 Å². The van der Waals surface area contributed by atoms with E-state index in [9.17, 15) is 4.39 Å². The zero-order valence-electron chi connectivity index (χ0n) is 10.4. The fraction of sp³-hybridized carbons (Fsp3) is 0.143. The van der Waals surface area contributed by atoms with Gasteiger partial charge in [-0.25, -0.2) is 4.39 Å². The van der Waals surface area contributed by atoms with Gasteiger partial charge in [0.2, 0.25) is 0 Å². The molecule has 0 heterocycles. The number of benzene rings is 2. The summed E-state index contributed by atoms with van der Waals surface area (Å²) in [6.07, 6.45) is 0. The van der Waals surface area contributed by atoms with Gasteiger partial charge in [-0.05, 0) is 46.7 Å². The molecule has 2 aromatic rings. The molecule has 0 aliphatic rings. The van der Waals surface area contributed by atoms with Crippen molar-refractivity contribution in [3.8, 4) is 0 Å². The van der Waals surface area contributed by atoms with Gasteiger partial charge < -0.3 is 5.32 Å². The van der Waals surface area contributed by atoms with Crippen LogP contribution in [-0.4, -0.2) is 7.05 Å². The first kappa shape index (κ1) is 16.2. The third-order valence-corrected chi connectivity index (χ3v) is 5.12. The molecular weight excluding hydrogens is 432 g/mol. The molecule has 0 aromatic heterocycles. The largest absolute Gasteiger partial charge is 0.309 e. The van der Waals surface area contributed by atoms with Crippen molar-refractivity contribution >= 4 is 55.1 Å². The van der Waals surface area contributed by atoms with E-state index in [-0.39, 0.29) is 11.1 Å². The van der Waals surface area contributed by atoms with E-state index in [0.29, 0.717) is 15.1 Å². The Morgan fingerprint density at radius 3 is 2.30 bits per heavy atom. The summed E-state index contributed by atoms with van der Waals surface area (Å²) in [5.41, 5.74) is 1.36. The van der Waals surface area contributed by atoms with Gasteiger partial charge in [-0.3, -0.25) is 0 Å². The van der Waals surface area contributed by atoms with Crippen LogP contribution in [0.1, 0.15) is 17.2 Å². The van der Waals surface area contributed by atoms with Gasteiger partial charge in [-0.2, -0.15) is 0 Å². The van der Waals surface area contributed by atoms with Gasteiger partial charge in [0.25, 0.3) is 0 Å². The second kappa shape index (κ2) is 6.75. The van der Waals surface area contributed by atoms with Crippen LogP contribution >= 0.6 is 55.1 Å². The molecule has 0 fully saturated rings. The molecular formula is C14H10Br2Cl2FN. The van der Waals surface area contributed by atoms with E-state index < -0.39 is 5.82 Å². The molecule has 0 amide bonds. The van der Waals surface area contributed by atoms with Gasteiger partial charge in [0.05, 0.1) is 11.1 Å². The van der Waals surface area contributed by atoms with Gasteiger partial charge in [-0.1, -0.05) is 51.3 Å². The van der Waals surface area contributed by atoms with E-state index >= 15 is 0 Å². The molecule has 0 radical (unpaired) electrons. The molecule has 0 spiro atoms. The van der Waals surface area contributed by atoms with Crippen molar-refractivity contribution in [2.45, 2.75) is 6.04 Å². The molecule has 20 heavy (non-hydrogen) atoms. The predicted octanol–water partition coefficient (Wildman–Crippen LogP) is 5.97. The Bertz CT molecular complexity index is 649. The van der Waals surface area contributed by atoms with E-state index in [1.165, 1.54) is 0 Å². The molecule has 6 heteroatoms. The van der Waals surface area contributed by atoms with E-state index in [1.54, 1.807) is 31.3 Å². The van der Waals surface area contributed by atoms with Crippen molar-refractivity contribution in [3.63, 3.8) is 0 Å². The minimum absolute atomic E-state index is 0.0767. The van der Waals surface area contributed by atoms with Crippen LogP contribution < -0.4 is 5.32 Å². The minimum Gasteiger partial charge on any atom is -0.309 e. The summed E-state index contributed by atoms with van der Waals surface area (Å²) in [6.45, 7) is 0. The number of rotatable bonds is 3. The molecule has 1 N–H and O–H groups in total. The van der Waals surface area contributed by atoms with Crippen molar-refractivity contribution in [3.05, 3.63) is 66.3 Å². The summed E-state index contributed by atoms with van der Waals surface area (Å²) in [5, 5.41) is 3.79. The second-order valence-corrected chi connectivity index (χ2v) is 6.68. The van der Waals surface area contributed by atoms with Crippen molar-refractivity contribution < 1.29 is 4.39 Å². The second-order valence-electron chi connectivity index (χ2n) is 4.15. The Morgan fingerprint density at radius 2 is 1.70 bits per heavy atom. The highest BCUT2D eigenvalue weighted by molar-refractivity contribution is 9.10. The smallest absolute Gasteiger partial charge is 0.148 e. The van der Waals surface area contributed by atoms with Gasteiger partial charge >= 0.3 is 0 Å². The van der Waals surface area contributed by atoms with Crippen molar-refractivity contribution in [2.24, 2.45) is 0 Å². The molecule has 0 bridgehead atoms. The summed E-state index contributed by atoms with van der Waals surface area (Å²) in [5.74, 6) is -0.442. The lowest BCUT2D eigenvalue weighted by atomic mass is 9.98. The summed E-state index contributed by atoms with van der Waals surface area (Å²) >= 11 is 18.6. The highest BCUT2D eigenvalue weighted by Gasteiger charge is 2.21. The molecule has 1 unspecified atom stereocenters. The Morgan fingerprint density at radius 1 is 1.05 bits per heavy atom. The minimum atomic E-state index is -0.442. The lowest BCUT2D eigenvalue weighted by Crippen LogP contribution is -2.19. The van der Waals surface area contributed by atoms with Gasteiger partial charge in [0.1, 0.15) is 5.82 Å². The van der Waals surface area contributed by atoms with Crippen LogP contribution in [-0.2, 0) is 0 Å². The molecule has 106 valence electrons. The van der Waals surface area contributed by atoms with Crippen LogP contribution in [0.4, 0.5) is 4.39 Å². The first-order valence-electron chi connectivity index (χ1n) is 5.71. The highest BCUT2D eigenvalue weighted by atomic mass is 79.9. The average molecular weight is 442 g/mol. The van der Waals surface area contributed by atoms with Gasteiger partial charge in [-0.15, -0.1) is 0 Å². The standard InChI is InChI=1S/C14H10Br2Cl2FN/c1-20-14(8-3-2-7(17)6-11(8)16)9-4-5-10(15)12(18)13(9)19/h2-6,14,20H,1H3. The lowest BCUT2D eigenvalue weighted by molar-refractivity contribution is 0.575. The average Bonchev–Trinajstić information content (AvgIpc) is 2.41. The van der Waals surface area contributed by atoms with Crippen molar-refractivity contribution in [2.75, 3.05) is 7.05 Å². The number of hydrogen-bond donors (Lipinski definition) is 1. The van der Waals surface area contributed by atoms with Crippen LogP contribution in [0.15, 0.2) is 39.3 Å². The fourth-order valence-corrected chi connectivity index (χ4v) is 3.37. The molecule has 1 atom stereocenters. The number of nitrogens with one attached hydrogen (secondary N) is 1. The quantitative estimate of drug-likeness (QED) is 0.579. The zero-order chi connectivity index (χ0) is 14.9. The predicted molar refractivity (Wildman–Crippen MR) is 89.2 cm³/mol. The number of hydrogen-bond acceptors (Lipinski definition) is 1. The highest BCUT2D eigenvalue weighted by Crippen LogP contribution is 2.35. The summed E-state index contributed by atoms with van der Waals surface area (Å²) in [6, 6.07) is 8.50. The van der Waals surface area contributed by atoms with E-state index in [4.69, 9.17) is 23.2 Å². The van der Waals surface area contributed by atoms with Crippen LogP contribution in [0.5, 0.6) is 0 Å². The first-order chi connectivity index (χ1) is 9.45. The van der Waals surface area contributed by atoms with Crippen LogP contribution in [0, 0.1) is 5.82 Å². The van der Waals surface area contributed by atoms with Crippen LogP contribution in [0.2, 0.25) is 10.0 Å². The molecule has 2 rings (SSSR count). The van der Waals surface area contributed by atoms with Crippen molar-refractivity contribution in [1.82, 2.24) is 5.32 Å². The first-order valence-corrected chi connectivity index (χ1v) is 8.05. The topological polar surface area (TPSA) is 12.0 Å². The summed E-state index contributed by atoms with van der Waals surface area (Å²) in [7, 11) is 1.76. The van der Waals surface area contributed by atoms with Crippen LogP contribution in [0.3, 0.4) is 0 Å². The number of halogens is 5. The maximum absolute atomic E-state index is 14.4. The Hall–Kier alpha value is -0.130. The zero-order valence-corrected chi connectivity index (χ0v) is 15.0. The Balaban J connectivity index is 2.55. The van der Waals surface area contributed by atoms with Crippen molar-refractivity contribution in [1.29, 1.82) is 0 Å². The molecule has 0 aliphatic carbocycles. The van der Waals surface area contributed by atoms with E-state index in [0.717, 1.165) is 10.0 Å². The van der Waals surface area contributed by atoms with E-state index in [2.05, 4.69) is 37.2 Å². The molecule has 2 aromatic carbocycles. The third kappa shape index (κ3) is 3.20. The molecule has 0 saturated heterocycles. The fourth-order valence-electron chi connectivity index (χ4n) is 1.98. The Labute approximate surface area is 143 Å². The normalized spacial score (nSPS) is 12.5. The third-order valence-electron chi connectivity index (χ3n) is 2.94. The summed E-state index contributed by atoms with van der Waals surface area (Å²) in [4.78, 5) is 0. The van der Waals surface area contributed by atoms with Gasteiger partial charge in [0, 0.05) is 19.5 Å².